The number of ether oxygens (including phenoxy) is 1. The summed E-state index contributed by atoms with van der Waals surface area (Å²) in [6, 6.07) is 8.47. The molecule has 2 saturated heterocycles. The Labute approximate surface area is 261 Å². The van der Waals surface area contributed by atoms with Gasteiger partial charge in [0.15, 0.2) is 11.3 Å². The van der Waals surface area contributed by atoms with Gasteiger partial charge in [0.25, 0.3) is 0 Å². The third-order valence-corrected chi connectivity index (χ3v) is 8.63. The lowest BCUT2D eigenvalue weighted by molar-refractivity contribution is -0.148. The van der Waals surface area contributed by atoms with Crippen LogP contribution in [0.4, 0.5) is 17.6 Å². The van der Waals surface area contributed by atoms with E-state index >= 15 is 0 Å². The highest BCUT2D eigenvalue weighted by Gasteiger charge is 2.44. The Hall–Kier alpha value is -4.30. The van der Waals surface area contributed by atoms with Crippen molar-refractivity contribution in [3.05, 3.63) is 72.5 Å². The van der Waals surface area contributed by atoms with Crippen LogP contribution in [0.5, 0.6) is 0 Å². The molecule has 0 saturated carbocycles. The predicted molar refractivity (Wildman–Crippen MR) is 157 cm³/mol. The second-order valence-electron chi connectivity index (χ2n) is 12.2. The summed E-state index contributed by atoms with van der Waals surface area (Å²) >= 11 is 0. The van der Waals surface area contributed by atoms with Gasteiger partial charge in [0.1, 0.15) is 30.3 Å². The molecule has 6 rings (SSSR count). The van der Waals surface area contributed by atoms with E-state index in [1.807, 2.05) is 36.2 Å². The van der Waals surface area contributed by atoms with Gasteiger partial charge in [-0.05, 0) is 56.7 Å². The minimum Gasteiger partial charge on any atom is -0.461 e. The Morgan fingerprint density at radius 2 is 1.87 bits per heavy atom. The molecule has 14 heteroatoms. The minimum absolute atomic E-state index is 0.0715. The predicted octanol–water partition coefficient (Wildman–Crippen LogP) is 4.70. The van der Waals surface area contributed by atoms with Crippen LogP contribution in [0.15, 0.2) is 63.8 Å². The Morgan fingerprint density at radius 3 is 2.61 bits per heavy atom. The molecular weight excluding hydrogens is 610 g/mol. The SMILES string of the molecule is CC(C)(c1ncc(-c2ccc(F)cc2)o1)N1CCN(C[C@@H]2C[C@@H](Cc3cc4ccncc4o3)C(=O)O2)[C@H](C(=O)NCC(F)(F)F)C1. The van der Waals surface area contributed by atoms with Crippen molar-refractivity contribution in [2.75, 3.05) is 32.7 Å². The van der Waals surface area contributed by atoms with Gasteiger partial charge in [0.05, 0.1) is 23.9 Å². The van der Waals surface area contributed by atoms with Gasteiger partial charge in [-0.3, -0.25) is 24.4 Å². The largest absolute Gasteiger partial charge is 0.461 e. The monoisotopic (exact) mass is 643 g/mol. The van der Waals surface area contributed by atoms with Crippen molar-refractivity contribution in [2.24, 2.45) is 5.92 Å². The topological polar surface area (TPSA) is 114 Å². The fourth-order valence-electron chi connectivity index (χ4n) is 6.09. The maximum atomic E-state index is 13.4. The summed E-state index contributed by atoms with van der Waals surface area (Å²) in [4.78, 5) is 38.2. The summed E-state index contributed by atoms with van der Waals surface area (Å²) in [5.74, 6) is -0.627. The number of carbonyl (C=O) groups excluding carboxylic acids is 2. The molecule has 5 heterocycles. The molecule has 2 aliphatic heterocycles. The van der Waals surface area contributed by atoms with Crippen molar-refractivity contribution in [3.8, 4) is 11.3 Å². The lowest BCUT2D eigenvalue weighted by Crippen LogP contribution is -2.63. The van der Waals surface area contributed by atoms with Crippen LogP contribution >= 0.6 is 0 Å². The molecule has 3 atom stereocenters. The molecule has 244 valence electrons. The number of aromatic nitrogens is 2. The van der Waals surface area contributed by atoms with E-state index < -0.39 is 42.2 Å². The van der Waals surface area contributed by atoms with Gasteiger partial charge < -0.3 is 18.9 Å². The molecule has 0 spiro atoms. The number of fused-ring (bicyclic) bond motifs is 1. The number of piperazine rings is 1. The third-order valence-electron chi connectivity index (χ3n) is 8.63. The number of hydrogen-bond donors (Lipinski definition) is 1. The van der Waals surface area contributed by atoms with E-state index in [0.29, 0.717) is 54.5 Å². The number of nitrogens with one attached hydrogen (secondary N) is 1. The standard InChI is InChI=1S/C32H33F4N5O5/c1-31(2,30-38-15-27(46-30)19-3-5-22(33)6-4-19)41-10-9-40(25(17-41)28(42)39-18-32(34,35)36)16-24-13-21(29(43)45-24)12-23-11-20-7-8-37-14-26(20)44-23/h3-8,11,14-15,21,24-25H,9-10,12-13,16-18H2,1-2H3,(H,39,42)/t21-,24+,25+/m1/s1. The maximum Gasteiger partial charge on any atom is 0.405 e. The number of carbonyl (C=O) groups is 2. The number of nitrogens with zero attached hydrogens (tertiary/aromatic N) is 4. The van der Waals surface area contributed by atoms with Crippen LogP contribution < -0.4 is 5.32 Å². The maximum absolute atomic E-state index is 13.4. The number of oxazole rings is 1. The van der Waals surface area contributed by atoms with Gasteiger partial charge >= 0.3 is 12.1 Å². The van der Waals surface area contributed by atoms with Crippen LogP contribution in [0, 0.1) is 11.7 Å². The molecule has 0 bridgehead atoms. The molecule has 1 amide bonds. The number of amides is 1. The van der Waals surface area contributed by atoms with Crippen molar-refractivity contribution in [1.82, 2.24) is 25.1 Å². The number of rotatable bonds is 9. The van der Waals surface area contributed by atoms with Crippen molar-refractivity contribution in [3.63, 3.8) is 0 Å². The number of esters is 1. The normalized spacial score (nSPS) is 21.5. The molecule has 46 heavy (non-hydrogen) atoms. The Balaban J connectivity index is 1.15. The van der Waals surface area contributed by atoms with Gasteiger partial charge in [-0.2, -0.15) is 13.2 Å². The number of hydrogen-bond acceptors (Lipinski definition) is 9. The summed E-state index contributed by atoms with van der Waals surface area (Å²) in [6.45, 7) is 3.24. The molecular formula is C32H33F4N5O5. The summed E-state index contributed by atoms with van der Waals surface area (Å²) in [5, 5.41) is 2.90. The van der Waals surface area contributed by atoms with E-state index in [-0.39, 0.29) is 24.9 Å². The molecule has 1 N–H and O–H groups in total. The van der Waals surface area contributed by atoms with Gasteiger partial charge in [0.2, 0.25) is 11.8 Å². The first kappa shape index (κ1) is 31.7. The molecule has 2 aliphatic rings. The zero-order chi connectivity index (χ0) is 32.6. The third kappa shape index (κ3) is 6.92. The number of pyridine rings is 1. The highest BCUT2D eigenvalue weighted by molar-refractivity contribution is 5.82. The first-order chi connectivity index (χ1) is 21.9. The van der Waals surface area contributed by atoms with E-state index in [9.17, 15) is 27.2 Å². The highest BCUT2D eigenvalue weighted by Crippen LogP contribution is 2.34. The van der Waals surface area contributed by atoms with E-state index in [0.717, 1.165) is 5.39 Å². The summed E-state index contributed by atoms with van der Waals surface area (Å²) in [7, 11) is 0. The zero-order valence-electron chi connectivity index (χ0n) is 25.2. The Kier molecular flexibility index (Phi) is 8.59. The quantitative estimate of drug-likeness (QED) is 0.205. The molecule has 2 fully saturated rings. The zero-order valence-corrected chi connectivity index (χ0v) is 25.2. The van der Waals surface area contributed by atoms with Crippen molar-refractivity contribution >= 4 is 22.8 Å². The Bertz CT molecular complexity index is 1670. The number of halogens is 4. The van der Waals surface area contributed by atoms with Crippen LogP contribution in [-0.4, -0.2) is 82.7 Å². The van der Waals surface area contributed by atoms with E-state index in [1.54, 1.807) is 29.4 Å². The first-order valence-corrected chi connectivity index (χ1v) is 14.9. The second-order valence-corrected chi connectivity index (χ2v) is 12.2. The van der Waals surface area contributed by atoms with Gasteiger partial charge in [-0.1, -0.05) is 0 Å². The van der Waals surface area contributed by atoms with Crippen LogP contribution in [-0.2, 0) is 26.3 Å². The van der Waals surface area contributed by atoms with E-state index in [1.165, 1.54) is 18.3 Å². The van der Waals surface area contributed by atoms with E-state index in [2.05, 4.69) is 9.97 Å². The molecule has 0 unspecified atom stereocenters. The van der Waals surface area contributed by atoms with Gasteiger partial charge in [-0.15, -0.1) is 0 Å². The first-order valence-electron chi connectivity index (χ1n) is 14.9. The van der Waals surface area contributed by atoms with Gasteiger partial charge in [-0.25, -0.2) is 9.37 Å². The fraction of sp³-hybridized carbons (Fsp3) is 0.438. The summed E-state index contributed by atoms with van der Waals surface area (Å²) < 4.78 is 70.1. The lowest BCUT2D eigenvalue weighted by Gasteiger charge is -2.46. The fourth-order valence-corrected chi connectivity index (χ4v) is 6.09. The van der Waals surface area contributed by atoms with Crippen LogP contribution in [0.2, 0.25) is 0 Å². The smallest absolute Gasteiger partial charge is 0.405 e. The summed E-state index contributed by atoms with van der Waals surface area (Å²) in [6.07, 6.45) is 0.360. The van der Waals surface area contributed by atoms with Crippen molar-refractivity contribution < 1.29 is 40.7 Å². The summed E-state index contributed by atoms with van der Waals surface area (Å²) in [5.41, 5.74) is 0.400. The molecule has 3 aromatic heterocycles. The number of furan rings is 1. The lowest BCUT2D eigenvalue weighted by atomic mass is 9.97. The van der Waals surface area contributed by atoms with E-state index in [4.69, 9.17) is 13.6 Å². The number of benzene rings is 1. The molecule has 4 aromatic rings. The Morgan fingerprint density at radius 1 is 1.09 bits per heavy atom. The minimum atomic E-state index is -4.58. The second kappa shape index (κ2) is 12.5. The molecule has 0 radical (unpaired) electrons. The molecule has 10 nitrogen and oxygen atoms in total. The van der Waals surface area contributed by atoms with Crippen LogP contribution in [0.1, 0.15) is 31.9 Å². The van der Waals surface area contributed by atoms with Gasteiger partial charge in [0, 0.05) is 49.7 Å². The highest BCUT2D eigenvalue weighted by atomic mass is 19.4. The average Bonchev–Trinajstić information content (AvgIpc) is 3.75. The van der Waals surface area contributed by atoms with Crippen molar-refractivity contribution in [2.45, 2.75) is 50.6 Å². The van der Waals surface area contributed by atoms with Crippen LogP contribution in [0.25, 0.3) is 22.3 Å². The number of alkyl halides is 3. The van der Waals surface area contributed by atoms with Crippen molar-refractivity contribution in [1.29, 1.82) is 0 Å². The molecule has 1 aromatic carbocycles. The van der Waals surface area contributed by atoms with Crippen LogP contribution in [0.3, 0.4) is 0 Å². The average molecular weight is 644 g/mol. The number of cyclic esters (lactones) is 1. The molecule has 0 aliphatic carbocycles.